The van der Waals surface area contributed by atoms with E-state index in [1.54, 1.807) is 18.2 Å². The van der Waals surface area contributed by atoms with Crippen LogP contribution in [0.3, 0.4) is 0 Å². The van der Waals surface area contributed by atoms with Crippen LogP contribution in [0.5, 0.6) is 0 Å². The topological polar surface area (TPSA) is 55.1 Å². The van der Waals surface area contributed by atoms with Crippen molar-refractivity contribution in [3.63, 3.8) is 0 Å². The molecule has 1 saturated carbocycles. The average Bonchev–Trinajstić information content (AvgIpc) is 2.13. The van der Waals surface area contributed by atoms with Crippen LogP contribution in [0.4, 0.5) is 5.69 Å². The first kappa shape index (κ1) is 12.2. The van der Waals surface area contributed by atoms with E-state index in [1.165, 1.54) is 19.3 Å². The molecule has 0 spiro atoms. The van der Waals surface area contributed by atoms with E-state index in [0.717, 1.165) is 0 Å². The van der Waals surface area contributed by atoms with Crippen LogP contribution in [0.25, 0.3) is 0 Å². The van der Waals surface area contributed by atoms with Gasteiger partial charge in [0, 0.05) is 11.7 Å². The van der Waals surface area contributed by atoms with Crippen molar-refractivity contribution in [1.82, 2.24) is 5.32 Å². The minimum atomic E-state index is -0.174. The summed E-state index contributed by atoms with van der Waals surface area (Å²) in [5.74, 6) is 0.426. The van der Waals surface area contributed by atoms with Gasteiger partial charge in [-0.05, 0) is 37.8 Å². The van der Waals surface area contributed by atoms with Crippen molar-refractivity contribution in [3.05, 3.63) is 28.8 Å². The summed E-state index contributed by atoms with van der Waals surface area (Å²) in [4.78, 5) is 12.1. The van der Waals surface area contributed by atoms with E-state index in [0.29, 0.717) is 22.2 Å². The van der Waals surface area contributed by atoms with Crippen LogP contribution in [0, 0.1) is 5.92 Å². The second kappa shape index (κ2) is 4.96. The molecule has 1 amide bonds. The van der Waals surface area contributed by atoms with Crippen molar-refractivity contribution in [2.24, 2.45) is 5.92 Å². The summed E-state index contributed by atoms with van der Waals surface area (Å²) in [6.45, 7) is 2.04. The number of rotatable bonds is 3. The highest BCUT2D eigenvalue weighted by molar-refractivity contribution is 6.34. The fourth-order valence-electron chi connectivity index (χ4n) is 2.12. The second-order valence-electron chi connectivity index (χ2n) is 4.66. The number of hydrogen-bond acceptors (Lipinski definition) is 2. The van der Waals surface area contributed by atoms with Crippen molar-refractivity contribution in [2.45, 2.75) is 32.2 Å². The first-order valence-corrected chi connectivity index (χ1v) is 6.32. The van der Waals surface area contributed by atoms with Gasteiger partial charge in [0.05, 0.1) is 10.6 Å². The predicted molar refractivity (Wildman–Crippen MR) is 70.1 cm³/mol. The Kier molecular flexibility index (Phi) is 3.57. The molecule has 1 aromatic carbocycles. The molecule has 3 N–H and O–H groups in total. The van der Waals surface area contributed by atoms with E-state index in [-0.39, 0.29) is 11.9 Å². The second-order valence-corrected chi connectivity index (χ2v) is 5.06. The van der Waals surface area contributed by atoms with Gasteiger partial charge < -0.3 is 11.1 Å². The Labute approximate surface area is 106 Å². The molecule has 3 nitrogen and oxygen atoms in total. The molecule has 92 valence electrons. The largest absolute Gasteiger partial charge is 0.398 e. The quantitative estimate of drug-likeness (QED) is 0.813. The van der Waals surface area contributed by atoms with Crippen LogP contribution in [0.15, 0.2) is 18.2 Å². The summed E-state index contributed by atoms with van der Waals surface area (Å²) in [7, 11) is 0. The lowest BCUT2D eigenvalue weighted by Crippen LogP contribution is -2.41. The smallest absolute Gasteiger partial charge is 0.255 e. The standard InChI is InChI=1S/C13H17ClN2O/c1-8(9-4-2-5-9)16-13(17)12-10(14)6-3-7-11(12)15/h3,6-9H,2,4-5,15H2,1H3,(H,16,17). The Balaban J connectivity index is 2.08. The van der Waals surface area contributed by atoms with E-state index in [1.807, 2.05) is 6.92 Å². The van der Waals surface area contributed by atoms with E-state index in [4.69, 9.17) is 17.3 Å². The van der Waals surface area contributed by atoms with Gasteiger partial charge in [-0.1, -0.05) is 24.1 Å². The van der Waals surface area contributed by atoms with Gasteiger partial charge in [-0.15, -0.1) is 0 Å². The van der Waals surface area contributed by atoms with Crippen molar-refractivity contribution < 1.29 is 4.79 Å². The highest BCUT2D eigenvalue weighted by atomic mass is 35.5. The van der Waals surface area contributed by atoms with Crippen LogP contribution >= 0.6 is 11.6 Å². The van der Waals surface area contributed by atoms with E-state index < -0.39 is 0 Å². The van der Waals surface area contributed by atoms with Crippen molar-refractivity contribution in [2.75, 3.05) is 5.73 Å². The maximum atomic E-state index is 12.1. The Morgan fingerprint density at radius 1 is 1.53 bits per heavy atom. The molecule has 0 aromatic heterocycles. The number of nitrogens with two attached hydrogens (primary N) is 1. The minimum Gasteiger partial charge on any atom is -0.398 e. The van der Waals surface area contributed by atoms with Gasteiger partial charge in [0.15, 0.2) is 0 Å². The molecule has 0 radical (unpaired) electrons. The van der Waals surface area contributed by atoms with E-state index in [9.17, 15) is 4.79 Å². The normalized spacial score (nSPS) is 17.3. The molecule has 2 rings (SSSR count). The fraction of sp³-hybridized carbons (Fsp3) is 0.462. The zero-order chi connectivity index (χ0) is 12.4. The van der Waals surface area contributed by atoms with Gasteiger partial charge in [-0.25, -0.2) is 0 Å². The van der Waals surface area contributed by atoms with Gasteiger partial charge in [0.25, 0.3) is 5.91 Å². The molecule has 1 atom stereocenters. The Hall–Kier alpha value is -1.22. The van der Waals surface area contributed by atoms with Gasteiger partial charge in [0.1, 0.15) is 0 Å². The summed E-state index contributed by atoms with van der Waals surface area (Å²) >= 11 is 5.99. The molecule has 0 bridgehead atoms. The summed E-state index contributed by atoms with van der Waals surface area (Å²) in [6, 6.07) is 5.30. The van der Waals surface area contributed by atoms with Crippen LogP contribution in [-0.2, 0) is 0 Å². The molecule has 0 heterocycles. The lowest BCUT2D eigenvalue weighted by Gasteiger charge is -2.32. The van der Waals surface area contributed by atoms with Crippen molar-refractivity contribution >= 4 is 23.2 Å². The number of halogens is 1. The molecule has 1 fully saturated rings. The Morgan fingerprint density at radius 3 is 2.76 bits per heavy atom. The zero-order valence-electron chi connectivity index (χ0n) is 9.87. The molecule has 0 saturated heterocycles. The number of amides is 1. The monoisotopic (exact) mass is 252 g/mol. The highest BCUT2D eigenvalue weighted by Crippen LogP contribution is 2.30. The molecule has 4 heteroatoms. The first-order chi connectivity index (χ1) is 8.09. The van der Waals surface area contributed by atoms with Crippen LogP contribution in [0.2, 0.25) is 5.02 Å². The molecule has 1 aromatic rings. The number of anilines is 1. The van der Waals surface area contributed by atoms with E-state index >= 15 is 0 Å². The number of nitrogen functional groups attached to an aromatic ring is 1. The average molecular weight is 253 g/mol. The Bertz CT molecular complexity index is 409. The molecule has 17 heavy (non-hydrogen) atoms. The van der Waals surface area contributed by atoms with Gasteiger partial charge >= 0.3 is 0 Å². The molecule has 1 aliphatic carbocycles. The van der Waals surface area contributed by atoms with E-state index in [2.05, 4.69) is 5.32 Å². The summed E-state index contributed by atoms with van der Waals surface area (Å²) in [5.41, 5.74) is 6.59. The van der Waals surface area contributed by atoms with Crippen LogP contribution in [-0.4, -0.2) is 11.9 Å². The first-order valence-electron chi connectivity index (χ1n) is 5.94. The summed E-state index contributed by atoms with van der Waals surface area (Å²) < 4.78 is 0. The van der Waals surface area contributed by atoms with Gasteiger partial charge in [0.2, 0.25) is 0 Å². The van der Waals surface area contributed by atoms with Crippen LogP contribution < -0.4 is 11.1 Å². The number of benzene rings is 1. The summed E-state index contributed by atoms with van der Waals surface area (Å²) in [5, 5.41) is 3.38. The maximum absolute atomic E-state index is 12.1. The number of hydrogen-bond donors (Lipinski definition) is 2. The summed E-state index contributed by atoms with van der Waals surface area (Å²) in [6.07, 6.45) is 3.65. The lowest BCUT2D eigenvalue weighted by molar-refractivity contribution is 0.0910. The third kappa shape index (κ3) is 2.55. The SMILES string of the molecule is CC(NC(=O)c1c(N)cccc1Cl)C1CCC1. The number of carbonyl (C=O) groups is 1. The molecular weight excluding hydrogens is 236 g/mol. The molecule has 1 unspecified atom stereocenters. The third-order valence-corrected chi connectivity index (χ3v) is 3.80. The number of nitrogens with one attached hydrogen (secondary N) is 1. The lowest BCUT2D eigenvalue weighted by atomic mass is 9.80. The highest BCUT2D eigenvalue weighted by Gasteiger charge is 2.26. The Morgan fingerprint density at radius 2 is 2.24 bits per heavy atom. The molecule has 0 aliphatic heterocycles. The van der Waals surface area contributed by atoms with Gasteiger partial charge in [-0.3, -0.25) is 4.79 Å². The predicted octanol–water partition coefficient (Wildman–Crippen LogP) is 2.84. The fourth-order valence-corrected chi connectivity index (χ4v) is 2.38. The third-order valence-electron chi connectivity index (χ3n) is 3.49. The van der Waals surface area contributed by atoms with Crippen molar-refractivity contribution in [3.8, 4) is 0 Å². The molecular formula is C13H17ClN2O. The maximum Gasteiger partial charge on any atom is 0.255 e. The minimum absolute atomic E-state index is 0.174. The van der Waals surface area contributed by atoms with Crippen molar-refractivity contribution in [1.29, 1.82) is 0 Å². The number of carbonyl (C=O) groups excluding carboxylic acids is 1. The van der Waals surface area contributed by atoms with Gasteiger partial charge in [-0.2, -0.15) is 0 Å². The molecule has 1 aliphatic rings. The zero-order valence-corrected chi connectivity index (χ0v) is 10.6. The van der Waals surface area contributed by atoms with Crippen LogP contribution in [0.1, 0.15) is 36.5 Å².